The molecule has 0 unspecified atom stereocenters. The normalized spacial score (nSPS) is 13.0. The van der Waals surface area contributed by atoms with Crippen LogP contribution in [0.15, 0.2) is 140 Å². The monoisotopic (exact) mass is 532 g/mol. The molecule has 192 valence electrons. The summed E-state index contributed by atoms with van der Waals surface area (Å²) in [5.41, 5.74) is 11.3. The van der Waals surface area contributed by atoms with Crippen LogP contribution in [0.2, 0.25) is 0 Å². The lowest BCUT2D eigenvalue weighted by Gasteiger charge is -2.29. The summed E-state index contributed by atoms with van der Waals surface area (Å²) in [6.07, 6.45) is 0.959. The molecule has 40 heavy (non-hydrogen) atoms. The maximum Gasteiger partial charge on any atom is 0.0567 e. The van der Waals surface area contributed by atoms with Crippen molar-refractivity contribution in [2.75, 3.05) is 0 Å². The summed E-state index contributed by atoms with van der Waals surface area (Å²) in [6.45, 7) is 1.74. The molecule has 2 aromatic heterocycles. The lowest BCUT2D eigenvalue weighted by Crippen LogP contribution is -2.37. The zero-order valence-electron chi connectivity index (χ0n) is 22.2. The van der Waals surface area contributed by atoms with E-state index in [-0.39, 0.29) is 0 Å². The van der Waals surface area contributed by atoms with E-state index in [1.165, 1.54) is 60.2 Å². The summed E-state index contributed by atoms with van der Waals surface area (Å²) in [4.78, 5) is 0. The van der Waals surface area contributed by atoms with Crippen LogP contribution in [-0.4, -0.2) is 9.13 Å². The Morgan fingerprint density at radius 1 is 0.450 bits per heavy atom. The zero-order chi connectivity index (χ0) is 26.5. The average molecular weight is 533 g/mol. The Hall–Kier alpha value is -4.39. The van der Waals surface area contributed by atoms with Gasteiger partial charge in [-0.3, -0.25) is 0 Å². The van der Waals surface area contributed by atoms with Crippen LogP contribution in [0.25, 0.3) is 21.8 Å². The molecule has 0 atom stereocenters. The molecule has 0 aliphatic carbocycles. The molecule has 0 spiro atoms. The third kappa shape index (κ3) is 3.75. The van der Waals surface area contributed by atoms with E-state index in [1.807, 2.05) is 0 Å². The van der Waals surface area contributed by atoms with E-state index in [1.54, 1.807) is 0 Å². The van der Waals surface area contributed by atoms with Crippen LogP contribution in [0.5, 0.6) is 0 Å². The van der Waals surface area contributed by atoms with E-state index < -0.39 is 7.92 Å². The second-order valence-corrected chi connectivity index (χ2v) is 12.7. The highest BCUT2D eigenvalue weighted by molar-refractivity contribution is 7.79. The highest BCUT2D eigenvalue weighted by Gasteiger charge is 2.36. The van der Waals surface area contributed by atoms with E-state index in [2.05, 4.69) is 149 Å². The van der Waals surface area contributed by atoms with Gasteiger partial charge in [0.1, 0.15) is 0 Å². The molecule has 0 fully saturated rings. The fourth-order valence-corrected chi connectivity index (χ4v) is 9.47. The van der Waals surface area contributed by atoms with E-state index in [4.69, 9.17) is 0 Å². The molecule has 7 aromatic rings. The summed E-state index contributed by atoms with van der Waals surface area (Å²) in [7, 11) is -0.800. The van der Waals surface area contributed by atoms with Crippen molar-refractivity contribution in [1.82, 2.24) is 9.13 Å². The van der Waals surface area contributed by atoms with Crippen molar-refractivity contribution < 1.29 is 0 Å². The van der Waals surface area contributed by atoms with Crippen LogP contribution < -0.4 is 16.2 Å². The Morgan fingerprint density at radius 2 is 0.850 bits per heavy atom. The van der Waals surface area contributed by atoms with Crippen LogP contribution >= 0.6 is 7.92 Å². The molecule has 0 radical (unpaired) electrons. The lowest BCUT2D eigenvalue weighted by molar-refractivity contribution is 0.847. The predicted molar refractivity (Wildman–Crippen MR) is 170 cm³/mol. The molecule has 8 rings (SSSR count). The molecule has 0 amide bonds. The van der Waals surface area contributed by atoms with Gasteiger partial charge in [-0.2, -0.15) is 0 Å². The zero-order valence-corrected chi connectivity index (χ0v) is 23.1. The number of aromatic nitrogens is 2. The van der Waals surface area contributed by atoms with E-state index in [0.29, 0.717) is 0 Å². The fourth-order valence-electron chi connectivity index (χ4n) is 6.53. The number of fused-ring (bicyclic) bond motifs is 6. The molecule has 0 saturated carbocycles. The molecule has 0 N–H and O–H groups in total. The molecular weight excluding hydrogens is 503 g/mol. The standard InChI is InChI=1S/C37H29N2P/c1-4-14-27(15-5-1)25-38-34-22-12-10-20-30(34)32-24-33-31-21-11-13-23-35(31)39(26-28-16-6-2-7-17-28)37(33)40(36(32)38)29-18-8-3-9-19-29/h1-23H,24-26H2. The number of para-hydroxylation sites is 2. The Kier molecular flexibility index (Phi) is 5.68. The van der Waals surface area contributed by atoms with Crippen LogP contribution in [0.1, 0.15) is 22.3 Å². The Labute approximate surface area is 235 Å². The van der Waals surface area contributed by atoms with Gasteiger partial charge in [0.05, 0.1) is 10.9 Å². The van der Waals surface area contributed by atoms with E-state index in [0.717, 1.165) is 19.5 Å². The summed E-state index contributed by atoms with van der Waals surface area (Å²) < 4.78 is 5.26. The van der Waals surface area contributed by atoms with E-state index in [9.17, 15) is 0 Å². The minimum atomic E-state index is -0.800. The number of nitrogens with zero attached hydrogens (tertiary/aromatic N) is 2. The number of rotatable bonds is 5. The molecule has 1 aliphatic heterocycles. The van der Waals surface area contributed by atoms with Crippen molar-refractivity contribution >= 4 is 45.9 Å². The van der Waals surface area contributed by atoms with Gasteiger partial charge in [0, 0.05) is 49.2 Å². The van der Waals surface area contributed by atoms with Crippen LogP contribution in [0, 0.1) is 0 Å². The molecule has 1 aliphatic rings. The Bertz CT molecular complexity index is 1840. The van der Waals surface area contributed by atoms with Crippen molar-refractivity contribution in [3.8, 4) is 0 Å². The van der Waals surface area contributed by atoms with Gasteiger partial charge in [0.15, 0.2) is 0 Å². The van der Waals surface area contributed by atoms with Gasteiger partial charge in [0.25, 0.3) is 0 Å². The minimum Gasteiger partial charge on any atom is -0.335 e. The first-order chi connectivity index (χ1) is 19.9. The maximum atomic E-state index is 2.63. The molecule has 3 heterocycles. The SMILES string of the molecule is c1ccc(Cn2c3c(c4ccccc42)Cc2c(n(Cc4ccccc4)c4ccccc24)P3c2ccccc2)cc1. The average Bonchev–Trinajstić information content (AvgIpc) is 3.50. The first-order valence-electron chi connectivity index (χ1n) is 14.0. The lowest BCUT2D eigenvalue weighted by atomic mass is 10.0. The van der Waals surface area contributed by atoms with Crippen LogP contribution in [0.3, 0.4) is 0 Å². The maximum absolute atomic E-state index is 2.63. The van der Waals surface area contributed by atoms with Crippen molar-refractivity contribution in [3.63, 3.8) is 0 Å². The highest BCUT2D eigenvalue weighted by atomic mass is 31.1. The minimum absolute atomic E-state index is 0.800. The third-order valence-electron chi connectivity index (χ3n) is 8.25. The fraction of sp³-hybridized carbons (Fsp3) is 0.0811. The molecular formula is C37H29N2P. The van der Waals surface area contributed by atoms with Crippen molar-refractivity contribution in [2.24, 2.45) is 0 Å². The number of hydrogen-bond acceptors (Lipinski definition) is 0. The van der Waals surface area contributed by atoms with Crippen molar-refractivity contribution in [3.05, 3.63) is 162 Å². The second-order valence-electron chi connectivity index (χ2n) is 10.6. The van der Waals surface area contributed by atoms with Gasteiger partial charge in [0.2, 0.25) is 0 Å². The number of benzene rings is 5. The molecule has 3 heteroatoms. The van der Waals surface area contributed by atoms with Gasteiger partial charge < -0.3 is 9.13 Å². The van der Waals surface area contributed by atoms with Gasteiger partial charge in [-0.1, -0.05) is 127 Å². The first-order valence-corrected chi connectivity index (χ1v) is 15.3. The molecule has 0 bridgehead atoms. The quantitative estimate of drug-likeness (QED) is 0.205. The van der Waals surface area contributed by atoms with Crippen molar-refractivity contribution in [1.29, 1.82) is 0 Å². The summed E-state index contributed by atoms with van der Waals surface area (Å²) in [5, 5.41) is 4.19. The molecule has 0 saturated heterocycles. The Morgan fingerprint density at radius 3 is 1.32 bits per heavy atom. The summed E-state index contributed by atoms with van der Waals surface area (Å²) >= 11 is 0. The van der Waals surface area contributed by atoms with E-state index >= 15 is 0 Å². The highest BCUT2D eigenvalue weighted by Crippen LogP contribution is 2.46. The van der Waals surface area contributed by atoms with Crippen LogP contribution in [-0.2, 0) is 19.5 Å². The summed E-state index contributed by atoms with van der Waals surface area (Å²) in [5.74, 6) is 0. The third-order valence-corrected chi connectivity index (χ3v) is 10.9. The molecule has 2 nitrogen and oxygen atoms in total. The summed E-state index contributed by atoms with van der Waals surface area (Å²) in [6, 6.07) is 51.2. The van der Waals surface area contributed by atoms with Crippen LogP contribution in [0.4, 0.5) is 0 Å². The predicted octanol–water partition coefficient (Wildman–Crippen LogP) is 7.36. The molecule has 5 aromatic carbocycles. The second kappa shape index (κ2) is 9.66. The smallest absolute Gasteiger partial charge is 0.0567 e. The van der Waals surface area contributed by atoms with Gasteiger partial charge in [-0.05, 0) is 39.7 Å². The largest absolute Gasteiger partial charge is 0.335 e. The van der Waals surface area contributed by atoms with Gasteiger partial charge >= 0.3 is 0 Å². The Balaban J connectivity index is 1.45. The van der Waals surface area contributed by atoms with Crippen molar-refractivity contribution in [2.45, 2.75) is 19.5 Å². The van der Waals surface area contributed by atoms with Gasteiger partial charge in [-0.15, -0.1) is 0 Å². The first kappa shape index (κ1) is 23.5. The topological polar surface area (TPSA) is 9.86 Å². The number of hydrogen-bond donors (Lipinski definition) is 0. The van der Waals surface area contributed by atoms with Gasteiger partial charge in [-0.25, -0.2) is 0 Å².